The molecule has 9 heteroatoms. The summed E-state index contributed by atoms with van der Waals surface area (Å²) < 4.78 is 27.4. The number of hydrogen-bond acceptors (Lipinski definition) is 4. The fraction of sp³-hybridized carbons (Fsp3) is 0.391. The second-order valence-corrected chi connectivity index (χ2v) is 7.69. The Balaban J connectivity index is 1.38. The molecule has 2 N–H and O–H groups in total. The summed E-state index contributed by atoms with van der Waals surface area (Å²) in [5.74, 6) is -1.15. The Kier molecular flexibility index (Phi) is 8.49. The zero-order valence-electron chi connectivity index (χ0n) is 17.7. The molecule has 2 aromatic rings. The molecule has 7 nitrogen and oxygen atoms in total. The van der Waals surface area contributed by atoms with Gasteiger partial charge in [0.15, 0.2) is 17.8 Å². The number of halogens is 2. The Hall–Kier alpha value is -3.54. The van der Waals surface area contributed by atoms with Crippen LogP contribution in [0.2, 0.25) is 0 Å². The molecule has 1 aliphatic heterocycles. The number of amides is 1. The summed E-state index contributed by atoms with van der Waals surface area (Å²) in [5.41, 5.74) is 0.324. The van der Waals surface area contributed by atoms with E-state index in [4.69, 9.17) is 5.26 Å². The second-order valence-electron chi connectivity index (χ2n) is 7.69. The van der Waals surface area contributed by atoms with Crippen molar-refractivity contribution in [3.63, 3.8) is 0 Å². The lowest BCUT2D eigenvalue weighted by molar-refractivity contribution is 0.0786. The second kappa shape index (κ2) is 11.7. The van der Waals surface area contributed by atoms with Gasteiger partial charge in [0.1, 0.15) is 5.69 Å². The van der Waals surface area contributed by atoms with Crippen LogP contribution in [0.25, 0.3) is 0 Å². The normalized spacial score (nSPS) is 16.0. The van der Waals surface area contributed by atoms with E-state index in [1.165, 1.54) is 0 Å². The standard InChI is InChI=1S/C23H26F2N6O/c24-19-13-27-14-20(25)21(19)30-23(29-16-26)28-11-6-2-3-7-17-10-12-31(15-17)22(32)18-8-4-1-5-9-18/h1,4-5,8-9,13-14,17H,2-3,6-7,10-12,15H2,(H2,27,28,29,30). The lowest BCUT2D eigenvalue weighted by Gasteiger charge is -2.16. The molecule has 0 aliphatic carbocycles. The summed E-state index contributed by atoms with van der Waals surface area (Å²) in [6.45, 7) is 1.99. The van der Waals surface area contributed by atoms with E-state index in [-0.39, 0.29) is 11.9 Å². The minimum absolute atomic E-state index is 0.0117. The molecule has 1 aromatic carbocycles. The smallest absolute Gasteiger partial charge is 0.253 e. The number of carbonyl (C=O) groups excluding carboxylic acids is 1. The first-order valence-corrected chi connectivity index (χ1v) is 10.7. The van der Waals surface area contributed by atoms with Gasteiger partial charge in [-0.15, -0.1) is 0 Å². The maximum atomic E-state index is 13.7. The van der Waals surface area contributed by atoms with Gasteiger partial charge in [0.2, 0.25) is 5.96 Å². The van der Waals surface area contributed by atoms with Gasteiger partial charge in [0, 0.05) is 25.2 Å². The highest BCUT2D eigenvalue weighted by Crippen LogP contribution is 2.23. The van der Waals surface area contributed by atoms with E-state index >= 15 is 0 Å². The summed E-state index contributed by atoms with van der Waals surface area (Å²) in [6, 6.07) is 9.34. The fourth-order valence-corrected chi connectivity index (χ4v) is 3.74. The maximum absolute atomic E-state index is 13.7. The molecule has 0 saturated carbocycles. The number of unbranched alkanes of at least 4 members (excludes halogenated alkanes) is 2. The Bertz CT molecular complexity index is 956. The van der Waals surface area contributed by atoms with Crippen molar-refractivity contribution in [2.24, 2.45) is 10.9 Å². The highest BCUT2D eigenvalue weighted by Gasteiger charge is 2.26. The van der Waals surface area contributed by atoms with Gasteiger partial charge < -0.3 is 10.2 Å². The first kappa shape index (κ1) is 23.1. The topological polar surface area (TPSA) is 93.4 Å². The van der Waals surface area contributed by atoms with Crippen LogP contribution in [-0.4, -0.2) is 41.4 Å². The SMILES string of the molecule is N#CNC(=NCCCCCC1CCN(C(=O)c2ccccc2)C1)Nc1c(F)cncc1F. The van der Waals surface area contributed by atoms with Crippen LogP contribution in [0.3, 0.4) is 0 Å². The third-order valence-corrected chi connectivity index (χ3v) is 5.41. The minimum Gasteiger partial charge on any atom is -0.338 e. The summed E-state index contributed by atoms with van der Waals surface area (Å²) >= 11 is 0. The van der Waals surface area contributed by atoms with Crippen LogP contribution in [-0.2, 0) is 0 Å². The molecule has 32 heavy (non-hydrogen) atoms. The summed E-state index contributed by atoms with van der Waals surface area (Å²) in [6.07, 6.45) is 8.24. The largest absolute Gasteiger partial charge is 0.338 e. The molecule has 1 atom stereocenters. The molecule has 1 aliphatic rings. The van der Waals surface area contributed by atoms with Gasteiger partial charge in [0.25, 0.3) is 5.91 Å². The van der Waals surface area contributed by atoms with Crippen LogP contribution in [0.5, 0.6) is 0 Å². The molecule has 0 spiro atoms. The number of hydrogen-bond donors (Lipinski definition) is 2. The van der Waals surface area contributed by atoms with Crippen LogP contribution in [0.4, 0.5) is 14.5 Å². The Labute approximate surface area is 186 Å². The van der Waals surface area contributed by atoms with Crippen LogP contribution >= 0.6 is 0 Å². The van der Waals surface area contributed by atoms with Crippen molar-refractivity contribution < 1.29 is 13.6 Å². The first-order valence-electron chi connectivity index (χ1n) is 10.7. The first-order chi connectivity index (χ1) is 15.6. The molecule has 0 radical (unpaired) electrons. The third kappa shape index (κ3) is 6.48. The van der Waals surface area contributed by atoms with Crippen molar-refractivity contribution in [1.29, 1.82) is 5.26 Å². The number of rotatable bonds is 8. The lowest BCUT2D eigenvalue weighted by atomic mass is 10.0. The van der Waals surface area contributed by atoms with Gasteiger partial charge in [-0.2, -0.15) is 5.26 Å². The number of nitriles is 1. The van der Waals surface area contributed by atoms with Crippen molar-refractivity contribution in [3.8, 4) is 6.19 Å². The van der Waals surface area contributed by atoms with Crippen molar-refractivity contribution in [2.75, 3.05) is 25.0 Å². The summed E-state index contributed by atoms with van der Waals surface area (Å²) in [7, 11) is 0. The van der Waals surface area contributed by atoms with Gasteiger partial charge in [-0.1, -0.05) is 31.0 Å². The van der Waals surface area contributed by atoms with Crippen molar-refractivity contribution in [3.05, 3.63) is 59.9 Å². The van der Waals surface area contributed by atoms with Crippen LogP contribution in [0, 0.1) is 29.0 Å². The number of nitrogens with one attached hydrogen (secondary N) is 2. The number of nitrogens with zero attached hydrogens (tertiary/aromatic N) is 4. The van der Waals surface area contributed by atoms with Gasteiger partial charge in [-0.25, -0.2) is 8.78 Å². The van der Waals surface area contributed by atoms with Crippen LogP contribution in [0.1, 0.15) is 42.5 Å². The number of anilines is 1. The number of benzene rings is 1. The van der Waals surface area contributed by atoms with E-state index in [2.05, 4.69) is 20.6 Å². The quantitative estimate of drug-likeness (QED) is 0.213. The highest BCUT2D eigenvalue weighted by atomic mass is 19.1. The number of aliphatic imine (C=N–C) groups is 1. The van der Waals surface area contributed by atoms with Crippen molar-refractivity contribution >= 4 is 17.6 Å². The summed E-state index contributed by atoms with van der Waals surface area (Å²) in [4.78, 5) is 22.1. The number of pyridine rings is 1. The van der Waals surface area contributed by atoms with Gasteiger partial charge in [-0.05, 0) is 37.3 Å². The molecular formula is C23H26F2N6O. The molecule has 1 unspecified atom stereocenters. The molecule has 1 amide bonds. The van der Waals surface area contributed by atoms with Crippen molar-refractivity contribution in [1.82, 2.24) is 15.2 Å². The van der Waals surface area contributed by atoms with E-state index in [1.54, 1.807) is 6.19 Å². The molecule has 1 fully saturated rings. The molecule has 1 aromatic heterocycles. The maximum Gasteiger partial charge on any atom is 0.253 e. The van der Waals surface area contributed by atoms with E-state index in [0.717, 1.165) is 63.2 Å². The number of carbonyl (C=O) groups is 1. The number of likely N-dealkylation sites (tertiary alicyclic amines) is 1. The predicted molar refractivity (Wildman–Crippen MR) is 118 cm³/mol. The van der Waals surface area contributed by atoms with Crippen molar-refractivity contribution in [2.45, 2.75) is 32.1 Å². The minimum atomic E-state index is -0.867. The van der Waals surface area contributed by atoms with Gasteiger partial charge >= 0.3 is 0 Å². The summed E-state index contributed by atoms with van der Waals surface area (Å²) in [5, 5.41) is 13.6. The Morgan fingerprint density at radius 2 is 1.94 bits per heavy atom. The van der Waals surface area contributed by atoms with Gasteiger partial charge in [-0.3, -0.25) is 20.1 Å². The lowest BCUT2D eigenvalue weighted by Crippen LogP contribution is -2.28. The number of aromatic nitrogens is 1. The molecular weight excluding hydrogens is 414 g/mol. The van der Waals surface area contributed by atoms with E-state index in [9.17, 15) is 13.6 Å². The van der Waals surface area contributed by atoms with Crippen LogP contribution < -0.4 is 10.6 Å². The zero-order valence-corrected chi connectivity index (χ0v) is 17.7. The average molecular weight is 440 g/mol. The zero-order chi connectivity index (χ0) is 22.8. The third-order valence-electron chi connectivity index (χ3n) is 5.41. The monoisotopic (exact) mass is 440 g/mol. The Morgan fingerprint density at radius 3 is 2.66 bits per heavy atom. The molecule has 168 valence electrons. The highest BCUT2D eigenvalue weighted by molar-refractivity contribution is 5.95. The van der Waals surface area contributed by atoms with Gasteiger partial charge in [0.05, 0.1) is 12.4 Å². The van der Waals surface area contributed by atoms with E-state index < -0.39 is 17.3 Å². The van der Waals surface area contributed by atoms with E-state index in [1.807, 2.05) is 35.2 Å². The van der Waals surface area contributed by atoms with Crippen LogP contribution in [0.15, 0.2) is 47.7 Å². The molecule has 1 saturated heterocycles. The number of guanidine groups is 1. The van der Waals surface area contributed by atoms with E-state index in [0.29, 0.717) is 12.5 Å². The average Bonchev–Trinajstić information content (AvgIpc) is 3.27. The predicted octanol–water partition coefficient (Wildman–Crippen LogP) is 3.92. The molecule has 2 heterocycles. The fourth-order valence-electron chi connectivity index (χ4n) is 3.74. The molecule has 0 bridgehead atoms. The Morgan fingerprint density at radius 1 is 1.19 bits per heavy atom. The molecule has 3 rings (SSSR count).